The van der Waals surface area contributed by atoms with Crippen molar-refractivity contribution >= 4 is 11.6 Å². The average Bonchev–Trinajstić information content (AvgIpc) is 2.38. The van der Waals surface area contributed by atoms with E-state index >= 15 is 0 Å². The van der Waals surface area contributed by atoms with Crippen LogP contribution in [0.25, 0.3) is 0 Å². The molecule has 0 aromatic heterocycles. The number of hydrogen-bond donors (Lipinski definition) is 0. The minimum atomic E-state index is 0.680. The maximum atomic E-state index is 6.11. The van der Waals surface area contributed by atoms with Crippen LogP contribution in [0.5, 0.6) is 5.75 Å². The standard InChI is InChI=1S/C16H17ClO/c1-12-3-5-13(6-4-12)7-8-14-9-10-16(18-2)15(17)11-14/h3-6,9-11H,7-8H2,1-2H3. The van der Waals surface area contributed by atoms with Crippen molar-refractivity contribution in [1.82, 2.24) is 0 Å². The molecule has 0 aliphatic heterocycles. The normalized spacial score (nSPS) is 10.4. The summed E-state index contributed by atoms with van der Waals surface area (Å²) < 4.78 is 5.14. The fourth-order valence-electron chi connectivity index (χ4n) is 1.91. The zero-order chi connectivity index (χ0) is 13.0. The minimum absolute atomic E-state index is 0.680. The molecule has 18 heavy (non-hydrogen) atoms. The van der Waals surface area contributed by atoms with Crippen molar-refractivity contribution in [3.8, 4) is 5.75 Å². The van der Waals surface area contributed by atoms with Gasteiger partial charge in [-0.05, 0) is 43.0 Å². The van der Waals surface area contributed by atoms with E-state index in [0.29, 0.717) is 5.02 Å². The largest absolute Gasteiger partial charge is 0.495 e. The summed E-state index contributed by atoms with van der Waals surface area (Å²) >= 11 is 6.11. The number of rotatable bonds is 4. The Hall–Kier alpha value is -1.47. The zero-order valence-electron chi connectivity index (χ0n) is 10.7. The fourth-order valence-corrected chi connectivity index (χ4v) is 2.19. The quantitative estimate of drug-likeness (QED) is 0.790. The maximum Gasteiger partial charge on any atom is 0.137 e. The Morgan fingerprint density at radius 3 is 2.17 bits per heavy atom. The van der Waals surface area contributed by atoms with E-state index in [1.165, 1.54) is 16.7 Å². The maximum absolute atomic E-state index is 6.11. The third-order valence-corrected chi connectivity index (χ3v) is 3.33. The average molecular weight is 261 g/mol. The van der Waals surface area contributed by atoms with Crippen LogP contribution < -0.4 is 4.74 Å². The number of methoxy groups -OCH3 is 1. The lowest BCUT2D eigenvalue weighted by atomic mass is 10.0. The SMILES string of the molecule is COc1ccc(CCc2ccc(C)cc2)cc1Cl. The van der Waals surface area contributed by atoms with E-state index in [2.05, 4.69) is 37.3 Å². The van der Waals surface area contributed by atoms with Crippen LogP contribution in [0, 0.1) is 6.92 Å². The van der Waals surface area contributed by atoms with Crippen molar-refractivity contribution in [3.05, 3.63) is 64.2 Å². The van der Waals surface area contributed by atoms with Crippen LogP contribution in [0.2, 0.25) is 5.02 Å². The van der Waals surface area contributed by atoms with Crippen molar-refractivity contribution in [1.29, 1.82) is 0 Å². The number of aryl methyl sites for hydroxylation is 3. The zero-order valence-corrected chi connectivity index (χ0v) is 11.5. The summed E-state index contributed by atoms with van der Waals surface area (Å²) in [5.74, 6) is 0.732. The number of hydrogen-bond acceptors (Lipinski definition) is 1. The molecule has 0 fully saturated rings. The summed E-state index contributed by atoms with van der Waals surface area (Å²) in [5.41, 5.74) is 3.89. The Balaban J connectivity index is 2.02. The van der Waals surface area contributed by atoms with E-state index in [9.17, 15) is 0 Å². The van der Waals surface area contributed by atoms with Gasteiger partial charge in [0.15, 0.2) is 0 Å². The molecule has 0 unspecified atom stereocenters. The lowest BCUT2D eigenvalue weighted by Crippen LogP contribution is -1.92. The van der Waals surface area contributed by atoms with Gasteiger partial charge in [0.2, 0.25) is 0 Å². The van der Waals surface area contributed by atoms with Gasteiger partial charge in [0, 0.05) is 0 Å². The molecular weight excluding hydrogens is 244 g/mol. The second-order valence-electron chi connectivity index (χ2n) is 4.45. The lowest BCUT2D eigenvalue weighted by molar-refractivity contribution is 0.415. The molecule has 0 aliphatic carbocycles. The van der Waals surface area contributed by atoms with Crippen molar-refractivity contribution in [2.24, 2.45) is 0 Å². The molecule has 0 N–H and O–H groups in total. The van der Waals surface area contributed by atoms with Crippen LogP contribution in [-0.4, -0.2) is 7.11 Å². The van der Waals surface area contributed by atoms with Crippen molar-refractivity contribution in [3.63, 3.8) is 0 Å². The molecule has 1 nitrogen and oxygen atoms in total. The van der Waals surface area contributed by atoms with Gasteiger partial charge in [-0.2, -0.15) is 0 Å². The predicted molar refractivity (Wildman–Crippen MR) is 76.6 cm³/mol. The van der Waals surface area contributed by atoms with Gasteiger partial charge in [-0.25, -0.2) is 0 Å². The summed E-state index contributed by atoms with van der Waals surface area (Å²) in [5, 5.41) is 0.680. The molecule has 94 valence electrons. The van der Waals surface area contributed by atoms with E-state index in [4.69, 9.17) is 16.3 Å². The molecule has 2 aromatic carbocycles. The molecule has 0 bridgehead atoms. The van der Waals surface area contributed by atoms with E-state index in [1.54, 1.807) is 7.11 Å². The van der Waals surface area contributed by atoms with Gasteiger partial charge >= 0.3 is 0 Å². The molecular formula is C16H17ClO. The van der Waals surface area contributed by atoms with Crippen LogP contribution in [0.1, 0.15) is 16.7 Å². The van der Waals surface area contributed by atoms with Crippen LogP contribution in [0.4, 0.5) is 0 Å². The lowest BCUT2D eigenvalue weighted by Gasteiger charge is -2.06. The Morgan fingerprint density at radius 1 is 0.944 bits per heavy atom. The summed E-state index contributed by atoms with van der Waals surface area (Å²) in [7, 11) is 1.63. The second kappa shape index (κ2) is 5.92. The predicted octanol–water partition coefficient (Wildman–Crippen LogP) is 4.44. The van der Waals surface area contributed by atoms with Gasteiger partial charge in [-0.1, -0.05) is 47.5 Å². The first-order valence-electron chi connectivity index (χ1n) is 6.07. The van der Waals surface area contributed by atoms with E-state index in [0.717, 1.165) is 18.6 Å². The molecule has 0 aliphatic rings. The monoisotopic (exact) mass is 260 g/mol. The Kier molecular flexibility index (Phi) is 4.27. The van der Waals surface area contributed by atoms with Gasteiger partial charge in [0.05, 0.1) is 12.1 Å². The number of benzene rings is 2. The first-order chi connectivity index (χ1) is 8.69. The summed E-state index contributed by atoms with van der Waals surface area (Å²) in [4.78, 5) is 0. The topological polar surface area (TPSA) is 9.23 Å². The van der Waals surface area contributed by atoms with Crippen molar-refractivity contribution < 1.29 is 4.74 Å². The third kappa shape index (κ3) is 3.27. The molecule has 0 atom stereocenters. The number of ether oxygens (including phenoxy) is 1. The van der Waals surface area contributed by atoms with Crippen LogP contribution in [0.3, 0.4) is 0 Å². The molecule has 0 spiro atoms. The van der Waals surface area contributed by atoms with Gasteiger partial charge in [0.25, 0.3) is 0 Å². The van der Waals surface area contributed by atoms with Crippen LogP contribution in [-0.2, 0) is 12.8 Å². The summed E-state index contributed by atoms with van der Waals surface area (Å²) in [6.07, 6.45) is 2.02. The third-order valence-electron chi connectivity index (χ3n) is 3.04. The first-order valence-corrected chi connectivity index (χ1v) is 6.45. The molecule has 0 radical (unpaired) electrons. The highest BCUT2D eigenvalue weighted by molar-refractivity contribution is 6.32. The van der Waals surface area contributed by atoms with E-state index in [-0.39, 0.29) is 0 Å². The number of halogens is 1. The highest BCUT2D eigenvalue weighted by atomic mass is 35.5. The molecule has 2 rings (SSSR count). The summed E-state index contributed by atoms with van der Waals surface area (Å²) in [6, 6.07) is 14.6. The van der Waals surface area contributed by atoms with Crippen LogP contribution >= 0.6 is 11.6 Å². The van der Waals surface area contributed by atoms with Gasteiger partial charge in [-0.3, -0.25) is 0 Å². The molecule has 2 aromatic rings. The van der Waals surface area contributed by atoms with Crippen molar-refractivity contribution in [2.75, 3.05) is 7.11 Å². The second-order valence-corrected chi connectivity index (χ2v) is 4.86. The molecule has 0 saturated carbocycles. The fraction of sp³-hybridized carbons (Fsp3) is 0.250. The Morgan fingerprint density at radius 2 is 1.56 bits per heavy atom. The molecule has 0 heterocycles. The van der Waals surface area contributed by atoms with E-state index < -0.39 is 0 Å². The van der Waals surface area contributed by atoms with E-state index in [1.807, 2.05) is 12.1 Å². The Labute approximate surface area is 113 Å². The van der Waals surface area contributed by atoms with Gasteiger partial charge in [0.1, 0.15) is 5.75 Å². The smallest absolute Gasteiger partial charge is 0.137 e. The molecule has 0 amide bonds. The van der Waals surface area contributed by atoms with Gasteiger partial charge in [-0.15, -0.1) is 0 Å². The highest BCUT2D eigenvalue weighted by Gasteiger charge is 2.02. The molecule has 2 heteroatoms. The Bertz CT molecular complexity index is 517. The first kappa shape index (κ1) is 13.0. The molecule has 0 saturated heterocycles. The van der Waals surface area contributed by atoms with Gasteiger partial charge < -0.3 is 4.74 Å². The highest BCUT2D eigenvalue weighted by Crippen LogP contribution is 2.25. The van der Waals surface area contributed by atoms with Crippen LogP contribution in [0.15, 0.2) is 42.5 Å². The van der Waals surface area contributed by atoms with Crippen molar-refractivity contribution in [2.45, 2.75) is 19.8 Å². The summed E-state index contributed by atoms with van der Waals surface area (Å²) in [6.45, 7) is 2.10. The minimum Gasteiger partial charge on any atom is -0.495 e.